The molecule has 4 nitrogen and oxygen atoms in total. The van der Waals surface area contributed by atoms with Gasteiger partial charge in [-0.3, -0.25) is 0 Å². The van der Waals surface area contributed by atoms with Crippen LogP contribution >= 0.6 is 23.6 Å². The van der Waals surface area contributed by atoms with Gasteiger partial charge in [-0.15, -0.1) is 11.3 Å². The monoisotopic (exact) mass is 376 g/mol. The van der Waals surface area contributed by atoms with Crippen molar-refractivity contribution in [2.75, 3.05) is 19.0 Å². The second kappa shape index (κ2) is 10.2. The minimum Gasteiger partial charge on any atom is -0.465 e. The number of rotatable bonds is 8. The highest BCUT2D eigenvalue weighted by Crippen LogP contribution is 2.30. The lowest BCUT2D eigenvalue weighted by Crippen LogP contribution is -2.29. The predicted molar refractivity (Wildman–Crippen MR) is 109 cm³/mol. The number of nitrogens with one attached hydrogen (secondary N) is 2. The van der Waals surface area contributed by atoms with E-state index in [1.54, 1.807) is 0 Å². The highest BCUT2D eigenvalue weighted by molar-refractivity contribution is 7.80. The van der Waals surface area contributed by atoms with E-state index in [9.17, 15) is 4.79 Å². The average molecular weight is 377 g/mol. The average Bonchev–Trinajstić information content (AvgIpc) is 3.01. The molecule has 0 atom stereocenters. The summed E-state index contributed by atoms with van der Waals surface area (Å²) < 4.78 is 4.90. The van der Waals surface area contributed by atoms with E-state index in [-0.39, 0.29) is 5.97 Å². The van der Waals surface area contributed by atoms with E-state index in [0.29, 0.717) is 10.7 Å². The maximum atomic E-state index is 12.1. The molecular formula is C19H24N2O2S2. The van der Waals surface area contributed by atoms with Gasteiger partial charge in [-0.25, -0.2) is 4.79 Å². The van der Waals surface area contributed by atoms with Gasteiger partial charge in [-0.2, -0.15) is 0 Å². The summed E-state index contributed by atoms with van der Waals surface area (Å²) in [5.74, 6) is -0.355. The minimum absolute atomic E-state index is 0.355. The normalized spacial score (nSPS) is 10.3. The minimum atomic E-state index is -0.355. The Morgan fingerprint density at radius 1 is 1.24 bits per heavy atom. The zero-order valence-electron chi connectivity index (χ0n) is 14.6. The van der Waals surface area contributed by atoms with Crippen molar-refractivity contribution >= 4 is 39.6 Å². The maximum absolute atomic E-state index is 12.1. The molecule has 0 amide bonds. The van der Waals surface area contributed by atoms with Gasteiger partial charge in [-0.1, -0.05) is 50.1 Å². The van der Waals surface area contributed by atoms with Crippen LogP contribution in [0.2, 0.25) is 0 Å². The molecule has 0 radical (unpaired) electrons. The topological polar surface area (TPSA) is 50.4 Å². The van der Waals surface area contributed by atoms with Crippen LogP contribution in [-0.2, 0) is 11.2 Å². The third-order valence-electron chi connectivity index (χ3n) is 3.70. The van der Waals surface area contributed by atoms with Gasteiger partial charge in [-0.05, 0) is 30.3 Å². The second-order valence-corrected chi connectivity index (χ2v) is 7.24. The van der Waals surface area contributed by atoms with Crippen LogP contribution in [0.15, 0.2) is 36.4 Å². The van der Waals surface area contributed by atoms with Crippen molar-refractivity contribution in [1.29, 1.82) is 0 Å². The molecule has 134 valence electrons. The summed E-state index contributed by atoms with van der Waals surface area (Å²) in [6, 6.07) is 12.0. The Morgan fingerprint density at radius 3 is 2.68 bits per heavy atom. The van der Waals surface area contributed by atoms with Gasteiger partial charge in [0.1, 0.15) is 5.00 Å². The highest BCUT2D eigenvalue weighted by atomic mass is 32.1. The summed E-state index contributed by atoms with van der Waals surface area (Å²) in [6.07, 6.45) is 4.19. The van der Waals surface area contributed by atoms with Crippen LogP contribution in [0.25, 0.3) is 0 Å². The molecule has 0 unspecified atom stereocenters. The molecule has 1 aromatic carbocycles. The maximum Gasteiger partial charge on any atom is 0.340 e. The van der Waals surface area contributed by atoms with E-state index in [2.05, 4.69) is 29.7 Å². The number of unbranched alkanes of at least 4 members (excludes halogenated alkanes) is 2. The molecule has 2 aromatic rings. The lowest BCUT2D eigenvalue weighted by molar-refractivity contribution is 0.0602. The van der Waals surface area contributed by atoms with E-state index in [0.717, 1.165) is 29.3 Å². The first kappa shape index (κ1) is 19.4. The number of esters is 1. The lowest BCUT2D eigenvalue weighted by atomic mass is 10.1. The standard InChI is InChI=1S/C19H24N2O2S2/c1-3-4-8-11-20-19(24)21-17-16(18(22)23-2)13-15(25-17)12-14-9-6-5-7-10-14/h5-7,9-10,13H,3-4,8,11-12H2,1-2H3,(H2,20,21,24). The van der Waals surface area contributed by atoms with Gasteiger partial charge in [0, 0.05) is 17.8 Å². The zero-order chi connectivity index (χ0) is 18.1. The number of thiophene rings is 1. The van der Waals surface area contributed by atoms with Crippen molar-refractivity contribution in [1.82, 2.24) is 5.32 Å². The lowest BCUT2D eigenvalue weighted by Gasteiger charge is -2.10. The third kappa shape index (κ3) is 6.14. The first-order chi connectivity index (χ1) is 12.1. The van der Waals surface area contributed by atoms with Crippen LogP contribution in [-0.4, -0.2) is 24.7 Å². The Labute approximate surface area is 158 Å². The quantitative estimate of drug-likeness (QED) is 0.400. The van der Waals surface area contributed by atoms with Crippen LogP contribution in [0.4, 0.5) is 5.00 Å². The van der Waals surface area contributed by atoms with E-state index in [1.165, 1.54) is 36.9 Å². The summed E-state index contributed by atoms with van der Waals surface area (Å²) in [4.78, 5) is 13.1. The van der Waals surface area contributed by atoms with Gasteiger partial charge >= 0.3 is 5.97 Å². The van der Waals surface area contributed by atoms with E-state index < -0.39 is 0 Å². The van der Waals surface area contributed by atoms with Crippen molar-refractivity contribution in [3.05, 3.63) is 52.4 Å². The second-order valence-electron chi connectivity index (χ2n) is 5.70. The molecule has 0 aliphatic heterocycles. The van der Waals surface area contributed by atoms with E-state index in [4.69, 9.17) is 17.0 Å². The van der Waals surface area contributed by atoms with Crippen molar-refractivity contribution in [2.24, 2.45) is 0 Å². The molecule has 0 aliphatic carbocycles. The number of hydrogen-bond donors (Lipinski definition) is 2. The number of carbonyl (C=O) groups excluding carboxylic acids is 1. The molecule has 2 N–H and O–H groups in total. The molecular weight excluding hydrogens is 352 g/mol. The van der Waals surface area contributed by atoms with Crippen molar-refractivity contribution in [2.45, 2.75) is 32.6 Å². The van der Waals surface area contributed by atoms with Gasteiger partial charge in [0.05, 0.1) is 12.7 Å². The molecule has 0 saturated heterocycles. The summed E-state index contributed by atoms with van der Waals surface area (Å²) in [6.45, 7) is 2.99. The Balaban J connectivity index is 2.07. The predicted octanol–water partition coefficient (Wildman–Crippen LogP) is 4.60. The first-order valence-electron chi connectivity index (χ1n) is 8.43. The van der Waals surface area contributed by atoms with Gasteiger partial charge in [0.15, 0.2) is 5.11 Å². The number of carbonyl (C=O) groups is 1. The Hall–Kier alpha value is -1.92. The van der Waals surface area contributed by atoms with Crippen LogP contribution in [0.1, 0.15) is 47.0 Å². The Kier molecular flexibility index (Phi) is 7.88. The smallest absolute Gasteiger partial charge is 0.340 e. The fraction of sp³-hybridized carbons (Fsp3) is 0.368. The molecule has 0 aliphatic rings. The number of ether oxygens (including phenoxy) is 1. The van der Waals surface area contributed by atoms with Gasteiger partial charge < -0.3 is 15.4 Å². The summed E-state index contributed by atoms with van der Waals surface area (Å²) in [7, 11) is 1.39. The van der Waals surface area contributed by atoms with Crippen molar-refractivity contribution in [3.63, 3.8) is 0 Å². The van der Waals surface area contributed by atoms with Crippen LogP contribution in [0.5, 0.6) is 0 Å². The van der Waals surface area contributed by atoms with Crippen LogP contribution in [0, 0.1) is 0 Å². The van der Waals surface area contributed by atoms with E-state index >= 15 is 0 Å². The molecule has 25 heavy (non-hydrogen) atoms. The fourth-order valence-electron chi connectivity index (χ4n) is 2.40. The van der Waals surface area contributed by atoms with Crippen molar-refractivity contribution in [3.8, 4) is 0 Å². The zero-order valence-corrected chi connectivity index (χ0v) is 16.3. The highest BCUT2D eigenvalue weighted by Gasteiger charge is 2.17. The largest absolute Gasteiger partial charge is 0.465 e. The molecule has 2 rings (SSSR count). The first-order valence-corrected chi connectivity index (χ1v) is 9.66. The van der Waals surface area contributed by atoms with Crippen LogP contribution in [0.3, 0.4) is 0 Å². The SMILES string of the molecule is CCCCCNC(=S)Nc1sc(Cc2ccccc2)cc1C(=O)OC. The number of thiocarbonyl (C=S) groups is 1. The molecule has 0 saturated carbocycles. The number of hydrogen-bond acceptors (Lipinski definition) is 4. The number of benzene rings is 1. The van der Waals surface area contributed by atoms with E-state index in [1.807, 2.05) is 24.3 Å². The number of anilines is 1. The Bertz CT molecular complexity index is 699. The molecule has 1 aromatic heterocycles. The summed E-state index contributed by atoms with van der Waals surface area (Å²) in [5.41, 5.74) is 1.73. The third-order valence-corrected chi connectivity index (χ3v) is 5.00. The number of methoxy groups -OCH3 is 1. The summed E-state index contributed by atoms with van der Waals surface area (Å²) >= 11 is 6.87. The molecule has 0 bridgehead atoms. The molecule has 0 spiro atoms. The fourth-order valence-corrected chi connectivity index (χ4v) is 3.76. The van der Waals surface area contributed by atoms with Gasteiger partial charge in [0.2, 0.25) is 0 Å². The molecule has 0 fully saturated rings. The van der Waals surface area contributed by atoms with Gasteiger partial charge in [0.25, 0.3) is 0 Å². The summed E-state index contributed by atoms with van der Waals surface area (Å²) in [5, 5.41) is 7.59. The molecule has 6 heteroatoms. The molecule has 1 heterocycles. The van der Waals surface area contributed by atoms with Crippen molar-refractivity contribution < 1.29 is 9.53 Å². The Morgan fingerprint density at radius 2 is 2.00 bits per heavy atom. The van der Waals surface area contributed by atoms with Crippen LogP contribution < -0.4 is 10.6 Å².